The van der Waals surface area contributed by atoms with Crippen molar-refractivity contribution in [1.29, 1.82) is 0 Å². The number of fused-ring (bicyclic) bond motifs is 2. The zero-order valence-electron chi connectivity index (χ0n) is 22.4. The van der Waals surface area contributed by atoms with E-state index in [2.05, 4.69) is 34.6 Å². The van der Waals surface area contributed by atoms with Crippen LogP contribution in [0.1, 0.15) is 66.7 Å². The lowest BCUT2D eigenvalue weighted by Gasteiger charge is -2.44. The van der Waals surface area contributed by atoms with Crippen molar-refractivity contribution >= 4 is 17.8 Å². The second kappa shape index (κ2) is 9.93. The fourth-order valence-electron chi connectivity index (χ4n) is 6.84. The van der Waals surface area contributed by atoms with Crippen molar-refractivity contribution in [2.45, 2.75) is 90.0 Å². The van der Waals surface area contributed by atoms with Gasteiger partial charge in [-0.15, -0.1) is 0 Å². The van der Waals surface area contributed by atoms with Crippen molar-refractivity contribution in [2.24, 2.45) is 17.3 Å². The Balaban J connectivity index is 1.79. The van der Waals surface area contributed by atoms with E-state index < -0.39 is 41.1 Å². The van der Waals surface area contributed by atoms with Crippen LogP contribution in [0.3, 0.4) is 0 Å². The number of likely N-dealkylation sites (tertiary alicyclic amines) is 1. The Labute approximate surface area is 214 Å². The van der Waals surface area contributed by atoms with Gasteiger partial charge in [0, 0.05) is 25.2 Å². The van der Waals surface area contributed by atoms with Crippen molar-refractivity contribution in [2.75, 3.05) is 26.3 Å². The highest BCUT2D eigenvalue weighted by Gasteiger charge is 2.72. The quantitative estimate of drug-likeness (QED) is 0.459. The summed E-state index contributed by atoms with van der Waals surface area (Å²) in [5.41, 5.74) is -1.74. The normalized spacial score (nSPS) is 34.1. The van der Waals surface area contributed by atoms with E-state index in [4.69, 9.17) is 9.47 Å². The van der Waals surface area contributed by atoms with Gasteiger partial charge in [-0.1, -0.05) is 45.1 Å². The fourth-order valence-corrected chi connectivity index (χ4v) is 6.84. The maximum absolute atomic E-state index is 14.4. The van der Waals surface area contributed by atoms with E-state index in [0.717, 1.165) is 25.7 Å². The highest BCUT2D eigenvalue weighted by atomic mass is 16.6. The lowest BCUT2D eigenvalue weighted by molar-refractivity contribution is -0.156. The van der Waals surface area contributed by atoms with Crippen LogP contribution in [0.15, 0.2) is 24.3 Å². The molecule has 0 aromatic rings. The average Bonchev–Trinajstić information content (AvgIpc) is 3.15. The van der Waals surface area contributed by atoms with E-state index in [1.165, 1.54) is 0 Å². The number of hydrogen-bond acceptors (Lipinski definition) is 6. The van der Waals surface area contributed by atoms with Gasteiger partial charge in [0.15, 0.2) is 0 Å². The van der Waals surface area contributed by atoms with Crippen LogP contribution in [-0.4, -0.2) is 82.3 Å². The van der Waals surface area contributed by atoms with Crippen molar-refractivity contribution in [3.8, 4) is 0 Å². The van der Waals surface area contributed by atoms with Crippen LogP contribution in [0.2, 0.25) is 0 Å². The molecule has 0 saturated carbocycles. The minimum absolute atomic E-state index is 0.0109. The summed E-state index contributed by atoms with van der Waals surface area (Å²) >= 11 is 0. The molecule has 4 aliphatic rings. The molecule has 0 aliphatic carbocycles. The number of aliphatic hydroxyl groups excluding tert-OH is 1. The monoisotopic (exact) mass is 502 g/mol. The van der Waals surface area contributed by atoms with Crippen LogP contribution < -0.4 is 0 Å². The number of rotatable bonds is 5. The molecule has 0 radical (unpaired) electrons. The van der Waals surface area contributed by atoms with E-state index in [0.29, 0.717) is 19.6 Å². The zero-order valence-corrected chi connectivity index (χ0v) is 22.4. The van der Waals surface area contributed by atoms with E-state index in [9.17, 15) is 19.5 Å². The largest absolute Gasteiger partial charge is 0.465 e. The van der Waals surface area contributed by atoms with E-state index in [1.807, 2.05) is 29.2 Å². The van der Waals surface area contributed by atoms with E-state index in [-0.39, 0.29) is 30.4 Å². The molecule has 2 amide bonds. The van der Waals surface area contributed by atoms with E-state index in [1.54, 1.807) is 4.90 Å². The summed E-state index contributed by atoms with van der Waals surface area (Å²) < 4.78 is 12.2. The van der Waals surface area contributed by atoms with Crippen LogP contribution in [0.4, 0.5) is 0 Å². The molecule has 0 aromatic heterocycles. The number of amides is 2. The van der Waals surface area contributed by atoms with Gasteiger partial charge in [0.1, 0.15) is 17.6 Å². The molecular formula is C28H42N2O6. The van der Waals surface area contributed by atoms with Gasteiger partial charge >= 0.3 is 5.97 Å². The first-order chi connectivity index (χ1) is 16.9. The number of carbonyl (C=O) groups is 3. The average molecular weight is 503 g/mol. The lowest BCUT2D eigenvalue weighted by Crippen LogP contribution is -2.60. The Morgan fingerprint density at radius 3 is 2.53 bits per heavy atom. The van der Waals surface area contributed by atoms with Crippen LogP contribution in [0.5, 0.6) is 0 Å². The Bertz CT molecular complexity index is 935. The Hall–Kier alpha value is -2.19. The summed E-state index contributed by atoms with van der Waals surface area (Å²) in [6.45, 7) is 11.4. The molecule has 0 bridgehead atoms. The molecule has 4 aliphatic heterocycles. The molecule has 200 valence electrons. The van der Waals surface area contributed by atoms with Crippen molar-refractivity contribution in [3.63, 3.8) is 0 Å². The first kappa shape index (κ1) is 26.9. The number of esters is 1. The highest BCUT2D eigenvalue weighted by molar-refractivity contribution is 5.99. The molecule has 0 aromatic carbocycles. The van der Waals surface area contributed by atoms with Crippen molar-refractivity contribution in [1.82, 2.24) is 9.80 Å². The Morgan fingerprint density at radius 2 is 1.83 bits per heavy atom. The number of cyclic esters (lactones) is 1. The lowest BCUT2D eigenvalue weighted by atomic mass is 9.77. The molecule has 4 heterocycles. The fraction of sp³-hybridized carbons (Fsp3) is 0.750. The summed E-state index contributed by atoms with van der Waals surface area (Å²) in [5, 5.41) is 9.53. The molecule has 4 rings (SSSR count). The van der Waals surface area contributed by atoms with Gasteiger partial charge in [0.2, 0.25) is 11.8 Å². The number of nitrogens with zero attached hydrogens (tertiary/aromatic N) is 2. The third kappa shape index (κ3) is 4.74. The number of carbonyl (C=O) groups excluding carboxylic acids is 3. The van der Waals surface area contributed by atoms with Crippen LogP contribution in [0, 0.1) is 17.3 Å². The predicted molar refractivity (Wildman–Crippen MR) is 135 cm³/mol. The second-order valence-corrected chi connectivity index (χ2v) is 12.4. The van der Waals surface area contributed by atoms with Crippen LogP contribution in [-0.2, 0) is 23.9 Å². The van der Waals surface area contributed by atoms with Gasteiger partial charge in [-0.3, -0.25) is 14.4 Å². The molecule has 1 unspecified atom stereocenters. The zero-order chi connectivity index (χ0) is 26.3. The predicted octanol–water partition coefficient (Wildman–Crippen LogP) is 2.85. The van der Waals surface area contributed by atoms with Gasteiger partial charge in [-0.05, 0) is 51.4 Å². The highest BCUT2D eigenvalue weighted by Crippen LogP contribution is 2.53. The first-order valence-corrected chi connectivity index (χ1v) is 13.3. The number of aliphatic hydroxyl groups is 1. The van der Waals surface area contributed by atoms with Crippen molar-refractivity contribution < 1.29 is 29.0 Å². The topological polar surface area (TPSA) is 96.4 Å². The second-order valence-electron chi connectivity index (χ2n) is 12.4. The number of hydrogen-bond donors (Lipinski definition) is 1. The van der Waals surface area contributed by atoms with E-state index >= 15 is 0 Å². The summed E-state index contributed by atoms with van der Waals surface area (Å²) in [5.74, 6) is -2.57. The summed E-state index contributed by atoms with van der Waals surface area (Å²) in [7, 11) is 0. The minimum atomic E-state index is -1.26. The molecule has 5 atom stereocenters. The standard InChI is InChI=1S/C28H42N2O6/c1-26(2,3)18-27(4,5)30-15-10-13-28-21(23(32)29(14-11-16-31)22(28)24(30)33)20-19(36-28)12-8-6-7-9-17-35-25(20)34/h8,10,12-13,19-22,31H,6-7,9,11,14-18H2,1-5H3/b12-8-/t19-,20+,21-,22?,28-/m0/s1. The molecule has 2 saturated heterocycles. The number of allylic oxidation sites excluding steroid dienone is 1. The molecule has 8 nitrogen and oxygen atoms in total. The molecule has 2 fully saturated rings. The smallest absolute Gasteiger partial charge is 0.312 e. The third-order valence-corrected chi connectivity index (χ3v) is 7.85. The minimum Gasteiger partial charge on any atom is -0.465 e. The third-order valence-electron chi connectivity index (χ3n) is 7.85. The van der Waals surface area contributed by atoms with Crippen LogP contribution >= 0.6 is 0 Å². The first-order valence-electron chi connectivity index (χ1n) is 13.3. The molecular weight excluding hydrogens is 460 g/mol. The van der Waals surface area contributed by atoms with Gasteiger partial charge in [-0.25, -0.2) is 0 Å². The molecule has 36 heavy (non-hydrogen) atoms. The summed E-state index contributed by atoms with van der Waals surface area (Å²) in [6, 6.07) is -0.904. The number of ether oxygens (including phenoxy) is 2. The molecule has 1 spiro atoms. The van der Waals surface area contributed by atoms with Gasteiger partial charge in [0.05, 0.1) is 18.6 Å². The maximum Gasteiger partial charge on any atom is 0.312 e. The molecule has 8 heteroatoms. The SMILES string of the molecule is CC(C)(C)CC(C)(C)N1CC=C[C@]23O[C@H]4/C=C\CCCCOC(=O)[C@H]4[C@H]2C(=O)N(CCCO)C3C1=O. The molecule has 1 N–H and O–H groups in total. The van der Waals surface area contributed by atoms with Gasteiger partial charge in [-0.2, -0.15) is 0 Å². The van der Waals surface area contributed by atoms with Crippen molar-refractivity contribution in [3.05, 3.63) is 24.3 Å². The van der Waals surface area contributed by atoms with Gasteiger partial charge in [0.25, 0.3) is 0 Å². The Morgan fingerprint density at radius 1 is 1.08 bits per heavy atom. The Kier molecular flexibility index (Phi) is 7.41. The van der Waals surface area contributed by atoms with Gasteiger partial charge < -0.3 is 24.4 Å². The summed E-state index contributed by atoms with van der Waals surface area (Å²) in [6.07, 6.45) is 10.6. The summed E-state index contributed by atoms with van der Waals surface area (Å²) in [4.78, 5) is 45.0. The van der Waals surface area contributed by atoms with Crippen LogP contribution in [0.25, 0.3) is 0 Å². The maximum atomic E-state index is 14.4.